The van der Waals surface area contributed by atoms with Crippen molar-refractivity contribution in [3.05, 3.63) is 64.7 Å². The number of methoxy groups -OCH3 is 1. The average Bonchev–Trinajstić information content (AvgIpc) is 2.84. The molecule has 0 saturated carbocycles. The Morgan fingerprint density at radius 2 is 1.70 bits per heavy atom. The van der Waals surface area contributed by atoms with Gasteiger partial charge in [-0.2, -0.15) is 0 Å². The second-order valence-electron chi connectivity index (χ2n) is 4.89. The summed E-state index contributed by atoms with van der Waals surface area (Å²) in [4.78, 5) is 24.5. The van der Waals surface area contributed by atoms with Gasteiger partial charge in [-0.15, -0.1) is 0 Å². The Bertz CT molecular complexity index is 782. The van der Waals surface area contributed by atoms with Crippen molar-refractivity contribution in [1.82, 2.24) is 5.43 Å². The quantitative estimate of drug-likeness (QED) is 0.696. The molecule has 0 spiro atoms. The third-order valence-corrected chi connectivity index (χ3v) is 3.66. The standard InChI is InChI=1S/C17H13ClN2O3/c1-23-14-8-2-11(3-9-14)10-15-16(21)19-20(17(15)22)13-6-4-12(18)5-7-13/h2-10H,1H3,(H,19,21)/b15-10+. The van der Waals surface area contributed by atoms with Crippen LogP contribution in [0, 0.1) is 0 Å². The van der Waals surface area contributed by atoms with Crippen LogP contribution in [0.5, 0.6) is 5.75 Å². The summed E-state index contributed by atoms with van der Waals surface area (Å²) >= 11 is 5.83. The molecular weight excluding hydrogens is 316 g/mol. The van der Waals surface area contributed by atoms with Gasteiger partial charge in [0.05, 0.1) is 12.8 Å². The van der Waals surface area contributed by atoms with E-state index < -0.39 is 11.8 Å². The van der Waals surface area contributed by atoms with Gasteiger partial charge in [-0.3, -0.25) is 15.0 Å². The van der Waals surface area contributed by atoms with Crippen LogP contribution in [0.1, 0.15) is 5.56 Å². The molecule has 5 nitrogen and oxygen atoms in total. The Morgan fingerprint density at radius 1 is 1.04 bits per heavy atom. The fourth-order valence-electron chi connectivity index (χ4n) is 2.20. The van der Waals surface area contributed by atoms with Crippen molar-refractivity contribution in [2.45, 2.75) is 0 Å². The normalized spacial score (nSPS) is 15.9. The summed E-state index contributed by atoms with van der Waals surface area (Å²) in [6.45, 7) is 0. The number of nitrogens with one attached hydrogen (secondary N) is 1. The van der Waals surface area contributed by atoms with E-state index in [1.54, 1.807) is 61.7 Å². The summed E-state index contributed by atoms with van der Waals surface area (Å²) in [5.41, 5.74) is 3.90. The van der Waals surface area contributed by atoms with Crippen LogP contribution in [0.3, 0.4) is 0 Å². The van der Waals surface area contributed by atoms with Crippen molar-refractivity contribution in [3.63, 3.8) is 0 Å². The van der Waals surface area contributed by atoms with E-state index in [-0.39, 0.29) is 5.57 Å². The lowest BCUT2D eigenvalue weighted by Crippen LogP contribution is -2.35. The second-order valence-corrected chi connectivity index (χ2v) is 5.33. The van der Waals surface area contributed by atoms with E-state index in [0.29, 0.717) is 16.5 Å². The average molecular weight is 329 g/mol. The molecule has 0 unspecified atom stereocenters. The van der Waals surface area contributed by atoms with E-state index in [4.69, 9.17) is 16.3 Å². The van der Waals surface area contributed by atoms with Crippen LogP contribution in [-0.2, 0) is 9.59 Å². The van der Waals surface area contributed by atoms with Crippen molar-refractivity contribution >= 4 is 35.2 Å². The first-order valence-corrected chi connectivity index (χ1v) is 7.23. The zero-order valence-corrected chi connectivity index (χ0v) is 13.0. The lowest BCUT2D eigenvalue weighted by molar-refractivity contribution is -0.117. The van der Waals surface area contributed by atoms with Crippen molar-refractivity contribution in [2.75, 3.05) is 12.1 Å². The molecule has 0 radical (unpaired) electrons. The smallest absolute Gasteiger partial charge is 0.282 e. The minimum Gasteiger partial charge on any atom is -0.497 e. The molecule has 116 valence electrons. The monoisotopic (exact) mass is 328 g/mol. The van der Waals surface area contributed by atoms with Crippen LogP contribution >= 0.6 is 11.6 Å². The Morgan fingerprint density at radius 3 is 2.30 bits per heavy atom. The van der Waals surface area contributed by atoms with Crippen LogP contribution in [0.25, 0.3) is 6.08 Å². The molecule has 2 aromatic rings. The molecule has 1 aliphatic heterocycles. The Balaban J connectivity index is 1.88. The van der Waals surface area contributed by atoms with Crippen LogP contribution < -0.4 is 15.2 Å². The topological polar surface area (TPSA) is 58.6 Å². The summed E-state index contributed by atoms with van der Waals surface area (Å²) in [5.74, 6) is -0.147. The third kappa shape index (κ3) is 3.05. The third-order valence-electron chi connectivity index (χ3n) is 3.40. The molecule has 1 fully saturated rings. The summed E-state index contributed by atoms with van der Waals surface area (Å²) in [6, 6.07) is 13.7. The van der Waals surface area contributed by atoms with Crippen molar-refractivity contribution in [2.24, 2.45) is 0 Å². The van der Waals surface area contributed by atoms with Gasteiger partial charge in [0.25, 0.3) is 11.8 Å². The number of anilines is 1. The maximum atomic E-state index is 12.4. The molecule has 1 heterocycles. The van der Waals surface area contributed by atoms with E-state index >= 15 is 0 Å². The number of halogens is 1. The summed E-state index contributed by atoms with van der Waals surface area (Å²) in [5, 5.41) is 1.76. The predicted octanol–water partition coefficient (Wildman–Crippen LogP) is 2.81. The summed E-state index contributed by atoms with van der Waals surface area (Å²) < 4.78 is 5.08. The largest absolute Gasteiger partial charge is 0.497 e. The van der Waals surface area contributed by atoms with Gasteiger partial charge in [-0.25, -0.2) is 5.01 Å². The lowest BCUT2D eigenvalue weighted by atomic mass is 10.1. The number of amides is 2. The van der Waals surface area contributed by atoms with Gasteiger partial charge >= 0.3 is 0 Å². The molecule has 1 aliphatic rings. The molecule has 3 rings (SSSR count). The van der Waals surface area contributed by atoms with E-state index in [0.717, 1.165) is 5.56 Å². The number of carbonyl (C=O) groups excluding carboxylic acids is 2. The van der Waals surface area contributed by atoms with E-state index in [9.17, 15) is 9.59 Å². The summed E-state index contributed by atoms with van der Waals surface area (Å²) in [6.07, 6.45) is 1.55. The molecule has 0 atom stereocenters. The first-order chi connectivity index (χ1) is 11.1. The number of hydrogen-bond donors (Lipinski definition) is 1. The lowest BCUT2D eigenvalue weighted by Gasteiger charge is -2.14. The van der Waals surface area contributed by atoms with Gasteiger partial charge in [-0.1, -0.05) is 23.7 Å². The fraction of sp³-hybridized carbons (Fsp3) is 0.0588. The molecule has 0 aromatic heterocycles. The van der Waals surface area contributed by atoms with Crippen molar-refractivity contribution in [1.29, 1.82) is 0 Å². The molecule has 2 aromatic carbocycles. The number of nitrogens with zero attached hydrogens (tertiary/aromatic N) is 1. The number of carbonyl (C=O) groups is 2. The molecule has 0 bridgehead atoms. The van der Waals surface area contributed by atoms with Gasteiger partial charge in [0.2, 0.25) is 0 Å². The number of ether oxygens (including phenoxy) is 1. The maximum Gasteiger partial charge on any atom is 0.282 e. The minimum atomic E-state index is -0.444. The number of hydrogen-bond acceptors (Lipinski definition) is 3. The first-order valence-electron chi connectivity index (χ1n) is 6.85. The fourth-order valence-corrected chi connectivity index (χ4v) is 2.32. The molecule has 2 amide bonds. The van der Waals surface area contributed by atoms with Gasteiger partial charge < -0.3 is 4.74 Å². The van der Waals surface area contributed by atoms with Crippen LogP contribution in [0.2, 0.25) is 5.02 Å². The molecular formula is C17H13ClN2O3. The minimum absolute atomic E-state index is 0.0742. The van der Waals surface area contributed by atoms with Crippen LogP contribution in [0.15, 0.2) is 54.1 Å². The maximum absolute atomic E-state index is 12.4. The molecule has 1 N–H and O–H groups in total. The van der Waals surface area contributed by atoms with Gasteiger partial charge in [0.15, 0.2) is 0 Å². The van der Waals surface area contributed by atoms with E-state index in [1.807, 2.05) is 0 Å². The van der Waals surface area contributed by atoms with E-state index in [1.165, 1.54) is 5.01 Å². The SMILES string of the molecule is COc1ccc(/C=C2\C(=O)NN(c3ccc(Cl)cc3)C2=O)cc1. The summed E-state index contributed by atoms with van der Waals surface area (Å²) in [7, 11) is 1.57. The zero-order valence-electron chi connectivity index (χ0n) is 12.2. The van der Waals surface area contributed by atoms with Gasteiger partial charge in [-0.05, 0) is 48.0 Å². The highest BCUT2D eigenvalue weighted by atomic mass is 35.5. The highest BCUT2D eigenvalue weighted by Crippen LogP contribution is 2.23. The van der Waals surface area contributed by atoms with Crippen LogP contribution in [-0.4, -0.2) is 18.9 Å². The highest BCUT2D eigenvalue weighted by Gasteiger charge is 2.34. The zero-order chi connectivity index (χ0) is 16.4. The number of hydrazine groups is 1. The van der Waals surface area contributed by atoms with Crippen LogP contribution in [0.4, 0.5) is 5.69 Å². The Hall–Kier alpha value is -2.79. The predicted molar refractivity (Wildman–Crippen MR) is 88.1 cm³/mol. The Labute approximate surface area is 138 Å². The Kier molecular flexibility index (Phi) is 4.04. The number of rotatable bonds is 3. The first kappa shape index (κ1) is 15.1. The molecule has 23 heavy (non-hydrogen) atoms. The van der Waals surface area contributed by atoms with Gasteiger partial charge in [0.1, 0.15) is 11.3 Å². The van der Waals surface area contributed by atoms with E-state index in [2.05, 4.69) is 5.43 Å². The molecule has 1 saturated heterocycles. The van der Waals surface area contributed by atoms with Crippen molar-refractivity contribution < 1.29 is 14.3 Å². The van der Waals surface area contributed by atoms with Gasteiger partial charge in [0, 0.05) is 5.02 Å². The highest BCUT2D eigenvalue weighted by molar-refractivity contribution is 6.32. The molecule has 0 aliphatic carbocycles. The number of benzene rings is 2. The molecule has 6 heteroatoms. The van der Waals surface area contributed by atoms with Crippen molar-refractivity contribution in [3.8, 4) is 5.75 Å². The second kappa shape index (κ2) is 6.14.